The van der Waals surface area contributed by atoms with Crippen molar-refractivity contribution < 1.29 is 14.5 Å². The third kappa shape index (κ3) is 3.80. The van der Waals surface area contributed by atoms with Crippen LogP contribution in [0.5, 0.6) is 0 Å². The highest BCUT2D eigenvalue weighted by Gasteiger charge is 2.36. The SMILES string of the molecule is CCOC(=O)C1=C(c2ccccc2)NC(=S)N[C@H]1c1ccccc1[N+](=O)[O-]. The number of ether oxygens (including phenoxy) is 1. The lowest BCUT2D eigenvalue weighted by Crippen LogP contribution is -2.45. The van der Waals surface area contributed by atoms with Crippen molar-refractivity contribution in [3.8, 4) is 0 Å². The first-order valence-electron chi connectivity index (χ1n) is 8.30. The van der Waals surface area contributed by atoms with Gasteiger partial charge in [-0.3, -0.25) is 10.1 Å². The molecule has 27 heavy (non-hydrogen) atoms. The summed E-state index contributed by atoms with van der Waals surface area (Å²) < 4.78 is 5.23. The van der Waals surface area contributed by atoms with Crippen molar-refractivity contribution in [3.63, 3.8) is 0 Å². The number of carbonyl (C=O) groups excluding carboxylic acids is 1. The van der Waals surface area contributed by atoms with E-state index in [4.69, 9.17) is 17.0 Å². The van der Waals surface area contributed by atoms with Crippen LogP contribution in [-0.4, -0.2) is 22.6 Å². The molecule has 1 aliphatic rings. The van der Waals surface area contributed by atoms with E-state index in [1.54, 1.807) is 25.1 Å². The fraction of sp³-hybridized carbons (Fsp3) is 0.158. The van der Waals surface area contributed by atoms with Crippen LogP contribution in [0.25, 0.3) is 5.70 Å². The highest BCUT2D eigenvalue weighted by atomic mass is 32.1. The Morgan fingerprint density at radius 2 is 1.85 bits per heavy atom. The van der Waals surface area contributed by atoms with Crippen molar-refractivity contribution in [2.75, 3.05) is 6.61 Å². The normalized spacial score (nSPS) is 16.3. The third-order valence-electron chi connectivity index (χ3n) is 4.07. The van der Waals surface area contributed by atoms with Gasteiger partial charge in [0, 0.05) is 6.07 Å². The lowest BCUT2D eigenvalue weighted by Gasteiger charge is -2.31. The van der Waals surface area contributed by atoms with Crippen LogP contribution in [0.4, 0.5) is 5.69 Å². The van der Waals surface area contributed by atoms with Gasteiger partial charge in [-0.15, -0.1) is 0 Å². The molecule has 0 spiro atoms. The zero-order chi connectivity index (χ0) is 19.4. The Kier molecular flexibility index (Phi) is 5.46. The van der Waals surface area contributed by atoms with E-state index in [9.17, 15) is 14.9 Å². The number of rotatable bonds is 5. The summed E-state index contributed by atoms with van der Waals surface area (Å²) in [5.74, 6) is -0.568. The second-order valence-corrected chi connectivity index (χ2v) is 6.13. The second kappa shape index (κ2) is 7.96. The highest BCUT2D eigenvalue weighted by Crippen LogP contribution is 2.35. The first kappa shape index (κ1) is 18.5. The maximum atomic E-state index is 12.8. The Bertz CT molecular complexity index is 928. The zero-order valence-electron chi connectivity index (χ0n) is 14.5. The number of benzene rings is 2. The highest BCUT2D eigenvalue weighted by molar-refractivity contribution is 7.80. The summed E-state index contributed by atoms with van der Waals surface area (Å²) in [5.41, 5.74) is 1.68. The van der Waals surface area contributed by atoms with Crippen LogP contribution in [-0.2, 0) is 9.53 Å². The van der Waals surface area contributed by atoms with Gasteiger partial charge < -0.3 is 15.4 Å². The Labute approximate surface area is 161 Å². The monoisotopic (exact) mass is 383 g/mol. The number of hydrogen-bond acceptors (Lipinski definition) is 5. The molecule has 8 heteroatoms. The molecule has 0 fully saturated rings. The summed E-state index contributed by atoms with van der Waals surface area (Å²) >= 11 is 5.29. The quantitative estimate of drug-likeness (QED) is 0.355. The van der Waals surface area contributed by atoms with Crippen molar-refractivity contribution in [2.45, 2.75) is 13.0 Å². The molecule has 2 aromatic rings. The van der Waals surface area contributed by atoms with E-state index < -0.39 is 16.9 Å². The number of nitro benzene ring substituents is 1. The summed E-state index contributed by atoms with van der Waals surface area (Å²) in [6.07, 6.45) is 0. The molecular formula is C19H17N3O4S. The fourth-order valence-electron chi connectivity index (χ4n) is 2.96. The molecule has 2 N–H and O–H groups in total. The first-order chi connectivity index (χ1) is 13.0. The average Bonchev–Trinajstić information content (AvgIpc) is 2.68. The van der Waals surface area contributed by atoms with E-state index >= 15 is 0 Å². The molecule has 0 radical (unpaired) electrons. The van der Waals surface area contributed by atoms with Gasteiger partial charge in [0.05, 0.1) is 34.4 Å². The van der Waals surface area contributed by atoms with Gasteiger partial charge in [-0.05, 0) is 30.8 Å². The van der Waals surface area contributed by atoms with Gasteiger partial charge >= 0.3 is 5.97 Å². The lowest BCUT2D eigenvalue weighted by molar-refractivity contribution is -0.385. The smallest absolute Gasteiger partial charge is 0.338 e. The van der Waals surface area contributed by atoms with Gasteiger partial charge in [-0.1, -0.05) is 42.5 Å². The van der Waals surface area contributed by atoms with Gasteiger partial charge in [-0.2, -0.15) is 0 Å². The standard InChI is InChI=1S/C19H17N3O4S/c1-2-26-18(23)15-16(12-8-4-3-5-9-12)20-19(27)21-17(15)13-10-6-7-11-14(13)22(24)25/h3-11,17H,2H2,1H3,(H2,20,21,27)/t17-/m0/s1. The molecule has 0 aromatic heterocycles. The molecule has 0 saturated carbocycles. The molecule has 1 atom stereocenters. The number of thiocarbonyl (C=S) groups is 1. The number of nitrogens with zero attached hydrogens (tertiary/aromatic N) is 1. The summed E-state index contributed by atoms with van der Waals surface area (Å²) in [4.78, 5) is 23.8. The summed E-state index contributed by atoms with van der Waals surface area (Å²) in [6, 6.07) is 14.6. The minimum Gasteiger partial charge on any atom is -0.463 e. The average molecular weight is 383 g/mol. The third-order valence-corrected chi connectivity index (χ3v) is 4.29. The van der Waals surface area contributed by atoms with Crippen molar-refractivity contribution >= 4 is 34.7 Å². The minimum atomic E-state index is -0.811. The van der Waals surface area contributed by atoms with Crippen LogP contribution in [0.15, 0.2) is 60.2 Å². The Morgan fingerprint density at radius 1 is 1.19 bits per heavy atom. The van der Waals surface area contributed by atoms with Crippen molar-refractivity contribution in [3.05, 3.63) is 81.4 Å². The van der Waals surface area contributed by atoms with E-state index in [1.165, 1.54) is 6.07 Å². The molecule has 0 aliphatic carbocycles. The molecule has 1 aliphatic heterocycles. The Balaban J connectivity index is 2.24. The summed E-state index contributed by atoms with van der Waals surface area (Å²) in [5, 5.41) is 17.7. The number of nitrogens with one attached hydrogen (secondary N) is 2. The number of nitro groups is 1. The van der Waals surface area contributed by atoms with E-state index in [2.05, 4.69) is 10.6 Å². The van der Waals surface area contributed by atoms with Gasteiger partial charge in [0.15, 0.2) is 5.11 Å². The molecule has 7 nitrogen and oxygen atoms in total. The summed E-state index contributed by atoms with van der Waals surface area (Å²) in [7, 11) is 0. The van der Waals surface area contributed by atoms with Crippen molar-refractivity contribution in [2.24, 2.45) is 0 Å². The number of esters is 1. The van der Waals surface area contributed by atoms with E-state index in [1.807, 2.05) is 30.3 Å². The maximum absolute atomic E-state index is 12.8. The van der Waals surface area contributed by atoms with Crippen LogP contribution in [0.3, 0.4) is 0 Å². The van der Waals surface area contributed by atoms with Crippen LogP contribution in [0, 0.1) is 10.1 Å². The van der Waals surface area contributed by atoms with Crippen LogP contribution in [0.1, 0.15) is 24.1 Å². The van der Waals surface area contributed by atoms with E-state index in [0.717, 1.165) is 5.56 Å². The first-order valence-corrected chi connectivity index (χ1v) is 8.71. The topological polar surface area (TPSA) is 93.5 Å². The molecule has 0 bridgehead atoms. The molecule has 0 saturated heterocycles. The van der Waals surface area contributed by atoms with E-state index in [-0.39, 0.29) is 23.0 Å². The summed E-state index contributed by atoms with van der Waals surface area (Å²) in [6.45, 7) is 1.88. The van der Waals surface area contributed by atoms with Gasteiger partial charge in [0.25, 0.3) is 5.69 Å². The predicted molar refractivity (Wildman–Crippen MR) is 105 cm³/mol. The van der Waals surface area contributed by atoms with Crippen molar-refractivity contribution in [1.29, 1.82) is 0 Å². The van der Waals surface area contributed by atoms with Crippen LogP contribution < -0.4 is 10.6 Å². The number of para-hydroxylation sites is 1. The molecule has 138 valence electrons. The predicted octanol–water partition coefficient (Wildman–Crippen LogP) is 3.09. The number of hydrogen-bond donors (Lipinski definition) is 2. The molecular weight excluding hydrogens is 366 g/mol. The van der Waals surface area contributed by atoms with Gasteiger partial charge in [0.1, 0.15) is 0 Å². The molecule has 0 amide bonds. The van der Waals surface area contributed by atoms with Crippen LogP contribution >= 0.6 is 12.2 Å². The van der Waals surface area contributed by atoms with Gasteiger partial charge in [0.2, 0.25) is 0 Å². The fourth-order valence-corrected chi connectivity index (χ4v) is 3.18. The largest absolute Gasteiger partial charge is 0.463 e. The number of carbonyl (C=O) groups is 1. The molecule has 2 aromatic carbocycles. The minimum absolute atomic E-state index is 0.103. The molecule has 3 rings (SSSR count). The zero-order valence-corrected chi connectivity index (χ0v) is 15.3. The molecule has 0 unspecified atom stereocenters. The van der Waals surface area contributed by atoms with Gasteiger partial charge in [-0.25, -0.2) is 4.79 Å². The molecule has 1 heterocycles. The lowest BCUT2D eigenvalue weighted by atomic mass is 9.92. The Morgan fingerprint density at radius 3 is 2.52 bits per heavy atom. The van der Waals surface area contributed by atoms with E-state index in [0.29, 0.717) is 11.3 Å². The maximum Gasteiger partial charge on any atom is 0.338 e. The van der Waals surface area contributed by atoms with Crippen molar-refractivity contribution in [1.82, 2.24) is 10.6 Å². The van der Waals surface area contributed by atoms with Crippen LogP contribution in [0.2, 0.25) is 0 Å². The second-order valence-electron chi connectivity index (χ2n) is 5.72. The Hall–Kier alpha value is -3.26.